The van der Waals surface area contributed by atoms with Crippen LogP contribution in [0.3, 0.4) is 0 Å². The van der Waals surface area contributed by atoms with Crippen molar-refractivity contribution in [1.29, 1.82) is 0 Å². The largest absolute Gasteiger partial charge is 0.253 e. The Bertz CT molecular complexity index is 1570. The van der Waals surface area contributed by atoms with E-state index in [4.69, 9.17) is 371 Å². The zero-order valence-electron chi connectivity index (χ0n) is 54.7. The maximum atomic E-state index is 7.28. The molecular weight excluding hydrogens is 1050 g/mol. The predicted molar refractivity (Wildman–Crippen MR) is 548 cm³/mol. The van der Waals surface area contributed by atoms with Crippen molar-refractivity contribution in [3.05, 3.63) is 0 Å². The van der Waals surface area contributed by atoms with Gasteiger partial charge in [-0.25, -0.2) is 0 Å². The average Bonchev–Trinajstić information content (AvgIpc) is 3.36. The van der Waals surface area contributed by atoms with Gasteiger partial charge in [-0.05, 0) is 0 Å². The second kappa shape index (κ2) is 47.0. The van der Waals surface area contributed by atoms with Crippen LogP contribution in [0.2, 0.25) is 0 Å². The van der Waals surface area contributed by atoms with Crippen molar-refractivity contribution < 1.29 is 0 Å². The summed E-state index contributed by atoms with van der Waals surface area (Å²) in [6, 6.07) is 0. The molecule has 0 aromatic heterocycles. The summed E-state index contributed by atoms with van der Waals surface area (Å²) >= 11 is 0. The Kier molecular flexibility index (Phi) is 50.3. The molecule has 0 fully saturated rings. The molecule has 95 heteroatoms. The Morgan fingerprint density at radius 3 is 0.284 bits per heavy atom. The molecule has 0 spiro atoms. The molecule has 0 unspecified atom stereocenters. The van der Waals surface area contributed by atoms with Crippen molar-refractivity contribution in [1.82, 2.24) is 0 Å². The third-order valence-electron chi connectivity index (χ3n) is 19.6. The minimum absolute atomic E-state index is 0.997. The van der Waals surface area contributed by atoms with E-state index in [1.165, 1.54) is 0 Å². The zero-order chi connectivity index (χ0) is 75.3. The van der Waals surface area contributed by atoms with E-state index in [-0.39, 0.29) is 0 Å². The molecule has 0 rings (SSSR count). The molecular formula is B94P. The first-order valence-corrected chi connectivity index (χ1v) is 32.7. The fraction of sp³-hybridized carbons (Fsp3) is 0. The zero-order valence-corrected chi connectivity index (χ0v) is 55.6. The lowest BCUT2D eigenvalue weighted by Crippen LogP contribution is -2.93. The third-order valence-corrected chi connectivity index (χ3v) is 23.8. The van der Waals surface area contributed by atoms with Crippen molar-refractivity contribution >= 4 is 673 Å². The van der Waals surface area contributed by atoms with Gasteiger partial charge in [0.25, 0.3) is 0 Å². The van der Waals surface area contributed by atoms with Gasteiger partial charge in [0.2, 0.25) is 0 Å². The SMILES string of the molecule is [B][B]B([B])B(B([B])[B])B(B(B([B])[B])B([B])[B])B(B(B(B([B])[B])B([B])[B])B(B([B])[B])B([B])[B])P(B(B(B(B([B])[B])B([B])[B])B(B([B])[B])B([B])[B])B(B(B([B])[B])B([B])[B])B(B([B])[B])B([B])[B])B(B(B(B([B])[B])B([B])[B])B(B([B])[B])B([B])[B])B(B(B([B])[B])B([B])[B])B(B([B])[B])B([B])[B]. The summed E-state index contributed by atoms with van der Waals surface area (Å²) in [5.41, 5.74) is 0. The van der Waals surface area contributed by atoms with E-state index in [1.54, 1.807) is 0 Å². The van der Waals surface area contributed by atoms with Crippen LogP contribution in [0.25, 0.3) is 0 Å². The van der Waals surface area contributed by atoms with Crippen LogP contribution in [0.5, 0.6) is 0 Å². The van der Waals surface area contributed by atoms with E-state index >= 15 is 0 Å². The number of hydrogen-bond acceptors (Lipinski definition) is 0. The molecule has 0 aromatic rings. The highest BCUT2D eigenvalue weighted by Crippen LogP contribution is 2.53. The highest BCUT2D eigenvalue weighted by molar-refractivity contribution is 8.64. The molecule has 0 aliphatic rings. The predicted octanol–water partition coefficient (Wildman–Crippen LogP) is -34.9. The summed E-state index contributed by atoms with van der Waals surface area (Å²) in [5, 5.41) is 0. The van der Waals surface area contributed by atoms with E-state index < -0.39 is 294 Å². The van der Waals surface area contributed by atoms with E-state index in [0.29, 0.717) is 0 Å². The molecule has 0 amide bonds. The molecule has 0 nitrogen and oxygen atoms in total. The maximum Gasteiger partial charge on any atom is 0.0527 e. The molecule has 287 valence electrons. The van der Waals surface area contributed by atoms with Crippen molar-refractivity contribution in [3.63, 3.8) is 0 Å². The summed E-state index contributed by atoms with van der Waals surface area (Å²) in [7, 11) is 337. The fourth-order valence-corrected chi connectivity index (χ4v) is 22.2. The van der Waals surface area contributed by atoms with Crippen molar-refractivity contribution in [2.45, 2.75) is 0 Å². The van der Waals surface area contributed by atoms with Crippen molar-refractivity contribution in [3.8, 4) is 0 Å². The first kappa shape index (κ1) is 102. The van der Waals surface area contributed by atoms with Crippen LogP contribution < -0.4 is 0 Å². The molecule has 95 heavy (non-hydrogen) atoms. The Labute approximate surface area is 665 Å². The van der Waals surface area contributed by atoms with Crippen LogP contribution in [0.1, 0.15) is 0 Å². The normalized spacial score (nSPS) is 9.91. The van der Waals surface area contributed by atoms with Gasteiger partial charge in [0, 0.05) is 647 Å². The molecule has 0 heterocycles. The summed E-state index contributed by atoms with van der Waals surface area (Å²) in [5.74, 6) is 0. The lowest BCUT2D eigenvalue weighted by Gasteiger charge is -2.64. The summed E-state index contributed by atoms with van der Waals surface area (Å²) in [6.45, 7) is 0. The molecule has 0 aromatic carbocycles. The summed E-state index contributed by atoms with van der Waals surface area (Å²) < 4.78 is 0. The first-order chi connectivity index (χ1) is 43.3. The van der Waals surface area contributed by atoms with Gasteiger partial charge in [-0.3, -0.25) is 7.56 Å². The van der Waals surface area contributed by atoms with Gasteiger partial charge in [0.1, 0.15) is 0 Å². The lowest BCUT2D eigenvalue weighted by atomic mass is 8.35. The molecule has 0 aliphatic heterocycles. The van der Waals surface area contributed by atoms with E-state index in [0.717, 1.165) is 7.06 Å². The molecule has 0 atom stereocenters. The van der Waals surface area contributed by atoms with E-state index in [9.17, 15) is 0 Å². The van der Waals surface area contributed by atoms with E-state index in [2.05, 4.69) is 0 Å². The summed E-state index contributed by atoms with van der Waals surface area (Å²) in [4.78, 5) is 0. The number of rotatable bonds is 46. The minimum Gasteiger partial charge on any atom is -0.253 e. The van der Waals surface area contributed by atoms with Crippen molar-refractivity contribution in [2.24, 2.45) is 0 Å². The second-order valence-corrected chi connectivity index (χ2v) is 29.0. The van der Waals surface area contributed by atoms with Crippen LogP contribution in [-0.4, -0.2) is 665 Å². The van der Waals surface area contributed by atoms with Gasteiger partial charge in [0.15, 0.2) is 0 Å². The first-order valence-electron chi connectivity index (χ1n) is 31.1. The molecule has 0 saturated heterocycles. The van der Waals surface area contributed by atoms with Crippen molar-refractivity contribution in [2.75, 3.05) is 0 Å². The Hall–Kier alpha value is 6.53. The quantitative estimate of drug-likeness (QED) is 0.0421. The van der Waals surface area contributed by atoms with Crippen LogP contribution in [0, 0.1) is 0 Å². The van der Waals surface area contributed by atoms with Crippen LogP contribution in [0.4, 0.5) is 0 Å². The lowest BCUT2D eigenvalue weighted by molar-refractivity contribution is 3.20. The second-order valence-electron chi connectivity index (χ2n) is 26.4. The Morgan fingerprint density at radius 1 is 0.126 bits per heavy atom. The summed E-state index contributed by atoms with van der Waals surface area (Å²) in [6.07, 6.45) is -81.6. The van der Waals surface area contributed by atoms with Crippen LogP contribution in [0.15, 0.2) is 0 Å². The smallest absolute Gasteiger partial charge is 0.0527 e. The Morgan fingerprint density at radius 2 is 0.211 bits per heavy atom. The number of hydrogen-bond donors (Lipinski definition) is 0. The maximum absolute atomic E-state index is 7.28. The average molecular weight is 1050 g/mol. The molecule has 0 saturated carbocycles. The Balaban J connectivity index is 14.3. The molecule has 0 bridgehead atoms. The molecule has 0 aliphatic carbocycles. The van der Waals surface area contributed by atoms with E-state index in [1.807, 2.05) is 0 Å². The highest BCUT2D eigenvalue weighted by Gasteiger charge is 2.67. The molecule has 97 radical (unpaired) electrons. The van der Waals surface area contributed by atoms with Gasteiger partial charge in [-0.2, -0.15) is 0 Å². The standard InChI is InChI=1S/B94P/c1-49-73(48)85(72(46)47)91(84(70(42)43)71(44)45)94(90(82(66(34)35)67(36)37)83(68(38)39)69(40)41)95(92(86(74(50(2)3)51(4)5)75(52(6)7)53(8)9)87(76(54(10)11)55(12)13)77(56(14)15)57(16)17)93(88(78(58(18)19)59(20)21)79(60(22)23)61(24)25)89(80(62(26)27)63(28)29)81(64(30)31)65(32)33. The van der Waals surface area contributed by atoms with Gasteiger partial charge < -0.3 is 0 Å². The fourth-order valence-electron chi connectivity index (χ4n) is 16.2. The molecule has 0 N–H and O–H groups in total. The monoisotopic (exact) mass is 1070 g/mol. The third kappa shape index (κ3) is 27.5. The minimum atomic E-state index is -3.64. The van der Waals surface area contributed by atoms with Crippen LogP contribution >= 0.6 is 7.56 Å². The highest BCUT2D eigenvalue weighted by atomic mass is 31.1. The van der Waals surface area contributed by atoms with Gasteiger partial charge in [0.05, 0.1) is 18.6 Å². The van der Waals surface area contributed by atoms with Gasteiger partial charge in [-0.1, -0.05) is 0 Å². The topological polar surface area (TPSA) is 0 Å². The van der Waals surface area contributed by atoms with Gasteiger partial charge in [-0.15, -0.1) is 0 Å². The van der Waals surface area contributed by atoms with Crippen LogP contribution in [-0.2, 0) is 0 Å². The van der Waals surface area contributed by atoms with Gasteiger partial charge >= 0.3 is 0 Å².